The normalized spacial score (nSPS) is 16.0. The van der Waals surface area contributed by atoms with Crippen molar-refractivity contribution in [3.63, 3.8) is 0 Å². The number of halogens is 1. The van der Waals surface area contributed by atoms with Gasteiger partial charge in [0.1, 0.15) is 10.6 Å². The number of ether oxygens (including phenoxy) is 1. The van der Waals surface area contributed by atoms with Crippen molar-refractivity contribution in [3.8, 4) is 5.75 Å². The second kappa shape index (κ2) is 6.99. The highest BCUT2D eigenvalue weighted by Gasteiger charge is 2.30. The van der Waals surface area contributed by atoms with Crippen molar-refractivity contribution < 1.29 is 13.2 Å². The van der Waals surface area contributed by atoms with Crippen LogP contribution in [0.4, 0.5) is 0 Å². The average Bonchev–Trinajstić information content (AvgIpc) is 2.45. The van der Waals surface area contributed by atoms with E-state index < -0.39 is 10.0 Å². The van der Waals surface area contributed by atoms with E-state index >= 15 is 0 Å². The van der Waals surface area contributed by atoms with Gasteiger partial charge in [-0.15, -0.1) is 11.6 Å². The topological polar surface area (TPSA) is 46.6 Å². The molecular weight excluding hydrogens is 310 g/mol. The molecule has 0 N–H and O–H groups in total. The molecular formula is C15H22ClNO3S. The fourth-order valence-corrected chi connectivity index (χ4v) is 4.34. The van der Waals surface area contributed by atoms with Crippen molar-refractivity contribution in [1.29, 1.82) is 0 Å². The molecule has 0 saturated heterocycles. The van der Waals surface area contributed by atoms with Crippen LogP contribution in [0.5, 0.6) is 5.75 Å². The minimum Gasteiger partial charge on any atom is -0.495 e. The quantitative estimate of drug-likeness (QED) is 0.720. The van der Waals surface area contributed by atoms with Crippen LogP contribution in [0.1, 0.15) is 31.7 Å². The fourth-order valence-electron chi connectivity index (χ4n) is 2.51. The zero-order chi connectivity index (χ0) is 15.5. The van der Waals surface area contributed by atoms with Crippen molar-refractivity contribution in [1.82, 2.24) is 4.31 Å². The standard InChI is InChI=1S/C15H22ClNO3S/c1-3-17(11-12-5-4-6-12)21(18,19)15-8-7-13(10-16)9-14(15)20-2/h7-9,12H,3-6,10-11H2,1-2H3. The molecule has 0 atom stereocenters. The molecule has 1 aliphatic rings. The summed E-state index contributed by atoms with van der Waals surface area (Å²) in [5, 5.41) is 0. The number of benzene rings is 1. The lowest BCUT2D eigenvalue weighted by Gasteiger charge is -2.31. The van der Waals surface area contributed by atoms with Crippen LogP contribution in [0, 0.1) is 5.92 Å². The maximum Gasteiger partial charge on any atom is 0.246 e. The SMILES string of the molecule is CCN(CC1CCC1)S(=O)(=O)c1ccc(CCl)cc1OC. The molecule has 0 unspecified atom stereocenters. The molecule has 1 saturated carbocycles. The maximum atomic E-state index is 12.8. The first-order valence-electron chi connectivity index (χ1n) is 7.26. The van der Waals surface area contributed by atoms with Gasteiger partial charge in [0.05, 0.1) is 7.11 Å². The summed E-state index contributed by atoms with van der Waals surface area (Å²) in [6.45, 7) is 2.94. The van der Waals surface area contributed by atoms with Gasteiger partial charge in [0.2, 0.25) is 10.0 Å². The molecule has 0 spiro atoms. The highest BCUT2D eigenvalue weighted by molar-refractivity contribution is 7.89. The van der Waals surface area contributed by atoms with Gasteiger partial charge >= 0.3 is 0 Å². The third-order valence-corrected chi connectivity index (χ3v) is 6.33. The van der Waals surface area contributed by atoms with E-state index in [2.05, 4.69) is 0 Å². The Kier molecular flexibility index (Phi) is 5.52. The van der Waals surface area contributed by atoms with E-state index in [-0.39, 0.29) is 4.90 Å². The lowest BCUT2D eigenvalue weighted by Crippen LogP contribution is -2.37. The Morgan fingerprint density at radius 2 is 2.10 bits per heavy atom. The summed E-state index contributed by atoms with van der Waals surface area (Å²) >= 11 is 5.79. The summed E-state index contributed by atoms with van der Waals surface area (Å²) in [5.41, 5.74) is 0.842. The monoisotopic (exact) mass is 331 g/mol. The molecule has 2 rings (SSSR count). The van der Waals surface area contributed by atoms with E-state index in [0.717, 1.165) is 18.4 Å². The highest BCUT2D eigenvalue weighted by atomic mass is 35.5. The Morgan fingerprint density at radius 3 is 2.57 bits per heavy atom. The molecule has 0 amide bonds. The smallest absolute Gasteiger partial charge is 0.246 e. The fraction of sp³-hybridized carbons (Fsp3) is 0.600. The lowest BCUT2D eigenvalue weighted by atomic mass is 9.85. The Bertz CT molecular complexity index is 585. The Balaban J connectivity index is 2.32. The Morgan fingerprint density at radius 1 is 1.38 bits per heavy atom. The number of hydrogen-bond donors (Lipinski definition) is 0. The number of rotatable bonds is 7. The van der Waals surface area contributed by atoms with E-state index in [1.165, 1.54) is 13.5 Å². The van der Waals surface area contributed by atoms with E-state index in [0.29, 0.717) is 30.6 Å². The molecule has 6 heteroatoms. The van der Waals surface area contributed by atoms with E-state index in [4.69, 9.17) is 16.3 Å². The van der Waals surface area contributed by atoms with Gasteiger partial charge in [-0.1, -0.05) is 19.4 Å². The first kappa shape index (κ1) is 16.6. The van der Waals surface area contributed by atoms with Gasteiger partial charge in [0, 0.05) is 19.0 Å². The van der Waals surface area contributed by atoms with Crippen molar-refractivity contribution >= 4 is 21.6 Å². The number of methoxy groups -OCH3 is 1. The molecule has 0 bridgehead atoms. The molecule has 4 nitrogen and oxygen atoms in total. The number of nitrogens with zero attached hydrogens (tertiary/aromatic N) is 1. The third-order valence-electron chi connectivity index (χ3n) is 4.04. The molecule has 1 aromatic rings. The van der Waals surface area contributed by atoms with Crippen LogP contribution in [-0.2, 0) is 15.9 Å². The maximum absolute atomic E-state index is 12.8. The molecule has 0 aromatic heterocycles. The average molecular weight is 332 g/mol. The van der Waals surface area contributed by atoms with Crippen molar-refractivity contribution in [2.24, 2.45) is 5.92 Å². The second-order valence-corrected chi connectivity index (χ2v) is 7.55. The summed E-state index contributed by atoms with van der Waals surface area (Å²) in [6, 6.07) is 5.02. The van der Waals surface area contributed by atoms with E-state index in [1.807, 2.05) is 6.92 Å². The predicted molar refractivity (Wildman–Crippen MR) is 84.3 cm³/mol. The first-order chi connectivity index (χ1) is 10.0. The van der Waals surface area contributed by atoms with Gasteiger partial charge < -0.3 is 4.74 Å². The van der Waals surface area contributed by atoms with Crippen molar-refractivity contribution in [3.05, 3.63) is 23.8 Å². The second-order valence-electron chi connectivity index (χ2n) is 5.37. The largest absolute Gasteiger partial charge is 0.495 e. The summed E-state index contributed by atoms with van der Waals surface area (Å²) in [6.07, 6.45) is 3.44. The molecule has 21 heavy (non-hydrogen) atoms. The molecule has 0 radical (unpaired) electrons. The van der Waals surface area contributed by atoms with Gasteiger partial charge in [-0.05, 0) is 36.5 Å². The number of sulfonamides is 1. The Hall–Kier alpha value is -0.780. The first-order valence-corrected chi connectivity index (χ1v) is 9.23. The number of hydrogen-bond acceptors (Lipinski definition) is 3. The minimum atomic E-state index is -3.52. The van der Waals surface area contributed by atoms with Crippen LogP contribution in [-0.4, -0.2) is 32.9 Å². The van der Waals surface area contributed by atoms with Gasteiger partial charge in [0.25, 0.3) is 0 Å². The van der Waals surface area contributed by atoms with Gasteiger partial charge in [-0.3, -0.25) is 0 Å². The number of alkyl halides is 1. The molecule has 0 heterocycles. The summed E-state index contributed by atoms with van der Waals surface area (Å²) in [7, 11) is -2.04. The predicted octanol–water partition coefficient (Wildman–Crippen LogP) is 3.24. The van der Waals surface area contributed by atoms with Crippen molar-refractivity contribution in [2.45, 2.75) is 37.0 Å². The summed E-state index contributed by atoms with van der Waals surface area (Å²) in [5.74, 6) is 1.18. The minimum absolute atomic E-state index is 0.222. The Labute approximate surface area is 132 Å². The van der Waals surface area contributed by atoms with Gasteiger partial charge in [-0.2, -0.15) is 4.31 Å². The van der Waals surface area contributed by atoms with E-state index in [1.54, 1.807) is 22.5 Å². The summed E-state index contributed by atoms with van der Waals surface area (Å²) in [4.78, 5) is 0.222. The summed E-state index contributed by atoms with van der Waals surface area (Å²) < 4.78 is 32.5. The molecule has 1 fully saturated rings. The van der Waals surface area contributed by atoms with Crippen LogP contribution in [0.3, 0.4) is 0 Å². The van der Waals surface area contributed by atoms with Crippen molar-refractivity contribution in [2.75, 3.05) is 20.2 Å². The van der Waals surface area contributed by atoms with Crippen LogP contribution < -0.4 is 4.74 Å². The molecule has 118 valence electrons. The third kappa shape index (κ3) is 3.52. The van der Waals surface area contributed by atoms with Crippen LogP contribution in [0.2, 0.25) is 0 Å². The lowest BCUT2D eigenvalue weighted by molar-refractivity contribution is 0.249. The zero-order valence-electron chi connectivity index (χ0n) is 12.5. The van der Waals surface area contributed by atoms with E-state index in [9.17, 15) is 8.42 Å². The van der Waals surface area contributed by atoms with Crippen LogP contribution in [0.25, 0.3) is 0 Å². The van der Waals surface area contributed by atoms with Gasteiger partial charge in [-0.25, -0.2) is 8.42 Å². The molecule has 1 aliphatic carbocycles. The molecule has 1 aromatic carbocycles. The zero-order valence-corrected chi connectivity index (χ0v) is 14.1. The highest BCUT2D eigenvalue weighted by Crippen LogP contribution is 2.32. The van der Waals surface area contributed by atoms with Crippen LogP contribution in [0.15, 0.2) is 23.1 Å². The molecule has 0 aliphatic heterocycles. The van der Waals surface area contributed by atoms with Gasteiger partial charge in [0.15, 0.2) is 0 Å². The van der Waals surface area contributed by atoms with Crippen LogP contribution >= 0.6 is 11.6 Å².